The van der Waals surface area contributed by atoms with E-state index in [0.717, 1.165) is 16.0 Å². The molecule has 0 spiro atoms. The minimum atomic E-state index is -0.694. The molecule has 0 saturated heterocycles. The van der Waals surface area contributed by atoms with E-state index in [-0.39, 0.29) is 18.3 Å². The number of thiazole rings is 1. The van der Waals surface area contributed by atoms with Crippen molar-refractivity contribution in [2.45, 2.75) is 44.4 Å². The first-order chi connectivity index (χ1) is 20.2. The Balaban J connectivity index is 1.62. The van der Waals surface area contributed by atoms with Gasteiger partial charge in [0.2, 0.25) is 0 Å². The maximum atomic E-state index is 14.1. The van der Waals surface area contributed by atoms with Gasteiger partial charge in [-0.3, -0.25) is 9.36 Å². The highest BCUT2D eigenvalue weighted by Gasteiger charge is 2.33. The third kappa shape index (κ3) is 6.37. The third-order valence-electron chi connectivity index (χ3n) is 6.62. The Morgan fingerprint density at radius 2 is 1.86 bits per heavy atom. The lowest BCUT2D eigenvalue weighted by molar-refractivity contribution is -0.143. The number of esters is 1. The van der Waals surface area contributed by atoms with Crippen molar-refractivity contribution in [1.29, 1.82) is 0 Å². The Bertz CT molecular complexity index is 1860. The predicted molar refractivity (Wildman–Crippen MR) is 170 cm³/mol. The van der Waals surface area contributed by atoms with E-state index in [1.165, 1.54) is 11.3 Å². The number of nitrogens with zero attached hydrogens (tertiary/aromatic N) is 2. The van der Waals surface area contributed by atoms with Crippen LogP contribution < -0.4 is 19.6 Å². The third-order valence-corrected chi connectivity index (χ3v) is 8.95. The fourth-order valence-electron chi connectivity index (χ4n) is 4.64. The summed E-state index contributed by atoms with van der Waals surface area (Å²) < 4.78 is 13.7. The molecule has 3 aromatic carbocycles. The summed E-state index contributed by atoms with van der Waals surface area (Å²) in [5.41, 5.74) is 2.83. The minimum Gasteiger partial charge on any atom is -0.488 e. The Morgan fingerprint density at radius 3 is 2.55 bits per heavy atom. The number of fused-ring (bicyclic) bond motifs is 1. The van der Waals surface area contributed by atoms with Crippen LogP contribution in [-0.2, 0) is 16.1 Å². The second kappa shape index (κ2) is 12.9. The molecule has 5 rings (SSSR count). The number of rotatable bonds is 8. The number of benzene rings is 3. The van der Waals surface area contributed by atoms with Crippen LogP contribution in [0.2, 0.25) is 10.0 Å². The molecule has 4 aromatic rings. The Labute approximate surface area is 261 Å². The largest absolute Gasteiger partial charge is 0.488 e. The topological polar surface area (TPSA) is 69.9 Å². The van der Waals surface area contributed by atoms with Crippen molar-refractivity contribution in [3.8, 4) is 5.75 Å². The molecule has 0 unspecified atom stereocenters. The van der Waals surface area contributed by atoms with Gasteiger partial charge in [-0.15, -0.1) is 11.8 Å². The van der Waals surface area contributed by atoms with E-state index >= 15 is 0 Å². The molecule has 0 amide bonds. The van der Waals surface area contributed by atoms with Crippen LogP contribution in [0.1, 0.15) is 43.5 Å². The first-order valence-electron chi connectivity index (χ1n) is 13.2. The van der Waals surface area contributed by atoms with Crippen LogP contribution in [0, 0.1) is 0 Å². The van der Waals surface area contributed by atoms with Crippen molar-refractivity contribution < 1.29 is 14.3 Å². The maximum Gasteiger partial charge on any atom is 0.338 e. The zero-order valence-corrected chi connectivity index (χ0v) is 26.5. The van der Waals surface area contributed by atoms with Gasteiger partial charge in [-0.2, -0.15) is 0 Å². The van der Waals surface area contributed by atoms with E-state index in [4.69, 9.17) is 32.7 Å². The summed E-state index contributed by atoms with van der Waals surface area (Å²) in [6.45, 7) is 5.61. The molecule has 0 fully saturated rings. The van der Waals surface area contributed by atoms with E-state index in [9.17, 15) is 9.59 Å². The second-order valence-electron chi connectivity index (χ2n) is 9.87. The summed E-state index contributed by atoms with van der Waals surface area (Å²) in [6.07, 6.45) is 3.42. The van der Waals surface area contributed by atoms with Gasteiger partial charge in [-0.1, -0.05) is 64.9 Å². The number of hydrogen-bond donors (Lipinski definition) is 0. The summed E-state index contributed by atoms with van der Waals surface area (Å²) in [6, 6.07) is 19.8. The van der Waals surface area contributed by atoms with Gasteiger partial charge in [0.05, 0.1) is 27.9 Å². The van der Waals surface area contributed by atoms with Crippen LogP contribution in [0.5, 0.6) is 5.75 Å². The molecule has 0 radical (unpaired) electrons. The Kier molecular flexibility index (Phi) is 9.28. The lowest BCUT2D eigenvalue weighted by Crippen LogP contribution is -2.40. The van der Waals surface area contributed by atoms with Gasteiger partial charge in [-0.05, 0) is 75.1 Å². The lowest BCUT2D eigenvalue weighted by atomic mass is 9.96. The van der Waals surface area contributed by atoms with Crippen molar-refractivity contribution in [3.63, 3.8) is 0 Å². The number of allylic oxidation sites excluding steroid dienone is 1. The number of thioether (sulfide) groups is 1. The molecular formula is C32H28Cl2N2O4S2. The van der Waals surface area contributed by atoms with Gasteiger partial charge in [0.15, 0.2) is 4.80 Å². The highest BCUT2D eigenvalue weighted by molar-refractivity contribution is 7.98. The number of carbonyl (C=O) groups excluding carboxylic acids is 1. The van der Waals surface area contributed by atoms with Crippen LogP contribution in [0.4, 0.5) is 0 Å². The lowest BCUT2D eigenvalue weighted by Gasteiger charge is -2.25. The van der Waals surface area contributed by atoms with Crippen LogP contribution in [-0.4, -0.2) is 22.9 Å². The monoisotopic (exact) mass is 638 g/mol. The molecule has 6 nitrogen and oxygen atoms in total. The van der Waals surface area contributed by atoms with Gasteiger partial charge >= 0.3 is 5.97 Å². The van der Waals surface area contributed by atoms with Crippen LogP contribution >= 0.6 is 46.3 Å². The van der Waals surface area contributed by atoms with Crippen LogP contribution in [0.3, 0.4) is 0 Å². The van der Waals surface area contributed by atoms with Crippen molar-refractivity contribution in [1.82, 2.24) is 4.57 Å². The molecule has 0 aliphatic carbocycles. The van der Waals surface area contributed by atoms with Gasteiger partial charge < -0.3 is 9.47 Å². The maximum absolute atomic E-state index is 14.1. The Hall–Kier alpha value is -3.30. The zero-order chi connectivity index (χ0) is 30.0. The molecule has 0 bridgehead atoms. The highest BCUT2D eigenvalue weighted by atomic mass is 35.5. The molecule has 1 aromatic heterocycles. The summed E-state index contributed by atoms with van der Waals surface area (Å²) >= 11 is 15.5. The number of halogens is 2. The second-order valence-corrected chi connectivity index (χ2v) is 12.6. The molecular weight excluding hydrogens is 611 g/mol. The van der Waals surface area contributed by atoms with E-state index in [0.29, 0.717) is 42.0 Å². The summed E-state index contributed by atoms with van der Waals surface area (Å²) in [5.74, 6) is 0.0521. The van der Waals surface area contributed by atoms with E-state index in [1.807, 2.05) is 54.8 Å². The van der Waals surface area contributed by atoms with Gasteiger partial charge in [0.1, 0.15) is 12.4 Å². The molecule has 42 heavy (non-hydrogen) atoms. The summed E-state index contributed by atoms with van der Waals surface area (Å²) in [7, 11) is 0. The van der Waals surface area contributed by atoms with Crippen molar-refractivity contribution in [2.75, 3.05) is 6.26 Å². The quantitative estimate of drug-likeness (QED) is 0.157. The smallest absolute Gasteiger partial charge is 0.338 e. The molecule has 1 atom stereocenters. The number of hydrogen-bond acceptors (Lipinski definition) is 7. The fraction of sp³-hybridized carbons (Fsp3) is 0.219. The minimum absolute atomic E-state index is 0.246. The number of carbonyl (C=O) groups is 1. The van der Waals surface area contributed by atoms with Crippen LogP contribution in [0.15, 0.2) is 92.7 Å². The van der Waals surface area contributed by atoms with Gasteiger partial charge in [0.25, 0.3) is 5.56 Å². The average molecular weight is 640 g/mol. The SMILES string of the molecule is CSc1ccc([C@H]2C(C(=O)OC(C)C)=C(C)N=c3s/c(=C\c4cc(Cl)ccc4OCc4ccccc4Cl)c(=O)n32)cc1. The van der Waals surface area contributed by atoms with E-state index in [2.05, 4.69) is 4.99 Å². The van der Waals surface area contributed by atoms with Crippen molar-refractivity contribution in [3.05, 3.63) is 124 Å². The normalized spacial score (nSPS) is 15.0. The number of aromatic nitrogens is 1. The molecule has 1 aliphatic heterocycles. The molecule has 216 valence electrons. The summed E-state index contributed by atoms with van der Waals surface area (Å²) in [5, 5.41) is 1.11. The van der Waals surface area contributed by atoms with Gasteiger partial charge in [0, 0.05) is 26.1 Å². The molecule has 10 heteroatoms. The number of ether oxygens (including phenoxy) is 2. The van der Waals surface area contributed by atoms with Crippen molar-refractivity contribution in [2.24, 2.45) is 4.99 Å². The predicted octanol–water partition coefficient (Wildman–Crippen LogP) is 6.79. The van der Waals surface area contributed by atoms with Crippen molar-refractivity contribution >= 4 is 58.3 Å². The molecule has 1 aliphatic rings. The van der Waals surface area contributed by atoms with E-state index in [1.54, 1.807) is 61.4 Å². The zero-order valence-electron chi connectivity index (χ0n) is 23.4. The first-order valence-corrected chi connectivity index (χ1v) is 16.0. The van der Waals surface area contributed by atoms with Crippen LogP contribution in [0.25, 0.3) is 6.08 Å². The average Bonchev–Trinajstić information content (AvgIpc) is 3.26. The molecule has 0 saturated carbocycles. The summed E-state index contributed by atoms with van der Waals surface area (Å²) in [4.78, 5) is 33.6. The highest BCUT2D eigenvalue weighted by Crippen LogP contribution is 2.32. The van der Waals surface area contributed by atoms with Gasteiger partial charge in [-0.25, -0.2) is 9.79 Å². The molecule has 2 heterocycles. The fourth-order valence-corrected chi connectivity index (χ4v) is 6.45. The van der Waals surface area contributed by atoms with E-state index < -0.39 is 12.0 Å². The molecule has 0 N–H and O–H groups in total. The first kappa shape index (κ1) is 30.2. The Morgan fingerprint density at radius 1 is 1.12 bits per heavy atom. The standard InChI is InChI=1S/C32H28Cl2N2O4S2/c1-18(2)40-31(38)28-19(3)35-32-36(29(28)20-9-12-24(41-4)13-10-20)30(37)27(42-32)16-22-15-23(33)11-14-26(22)39-17-21-7-5-6-8-25(21)34/h5-16,18,29H,17H2,1-4H3/b27-16-/t29-/m0/s1.